The molecule has 1 N–H and O–H groups in total. The van der Waals surface area contributed by atoms with Crippen LogP contribution in [0.3, 0.4) is 0 Å². The zero-order valence-electron chi connectivity index (χ0n) is 10.7. The Balaban J connectivity index is 2.42. The minimum absolute atomic E-state index is 0.0248. The molecule has 1 aromatic carbocycles. The van der Waals surface area contributed by atoms with Crippen molar-refractivity contribution in [2.45, 2.75) is 6.18 Å². The van der Waals surface area contributed by atoms with E-state index < -0.39 is 23.0 Å². The Morgan fingerprint density at radius 3 is 2.71 bits per heavy atom. The van der Waals surface area contributed by atoms with Crippen LogP contribution in [0.15, 0.2) is 29.5 Å². The van der Waals surface area contributed by atoms with Crippen LogP contribution in [0.4, 0.5) is 13.2 Å². The first-order valence-corrected chi connectivity index (χ1v) is 5.87. The van der Waals surface area contributed by atoms with Gasteiger partial charge < -0.3 is 9.55 Å². The molecule has 0 radical (unpaired) electrons. The highest BCUT2D eigenvalue weighted by Gasteiger charge is 2.41. The zero-order chi connectivity index (χ0) is 15.4. The van der Waals surface area contributed by atoms with Crippen LogP contribution < -0.4 is 5.43 Å². The van der Waals surface area contributed by atoms with E-state index >= 15 is 0 Å². The highest BCUT2D eigenvalue weighted by atomic mass is 19.4. The largest absolute Gasteiger partial charge is 0.455 e. The maximum atomic E-state index is 12.5. The van der Waals surface area contributed by atoms with E-state index in [9.17, 15) is 22.8 Å². The summed E-state index contributed by atoms with van der Waals surface area (Å²) in [5.74, 6) is -2.17. The molecule has 108 valence electrons. The quantitative estimate of drug-likeness (QED) is 0.699. The van der Waals surface area contributed by atoms with Gasteiger partial charge in [-0.2, -0.15) is 13.2 Å². The molecule has 0 aliphatic rings. The van der Waals surface area contributed by atoms with Gasteiger partial charge in [-0.3, -0.25) is 9.59 Å². The summed E-state index contributed by atoms with van der Waals surface area (Å²) in [6.07, 6.45) is -2.87. The summed E-state index contributed by atoms with van der Waals surface area (Å²) in [6, 6.07) is 3.24. The Kier molecular flexibility index (Phi) is 2.65. The number of alkyl halides is 3. The van der Waals surface area contributed by atoms with Gasteiger partial charge in [0.05, 0.1) is 28.3 Å². The molecule has 2 heterocycles. The molecule has 0 spiro atoms. The summed E-state index contributed by atoms with van der Waals surface area (Å²) in [5.41, 5.74) is -0.744. The fraction of sp³-hybridized carbons (Fsp3) is 0.154. The molecule has 0 saturated heterocycles. The number of rotatable bonds is 1. The summed E-state index contributed by atoms with van der Waals surface area (Å²) in [4.78, 5) is 30.1. The molecule has 0 bridgehead atoms. The van der Waals surface area contributed by atoms with Crippen molar-refractivity contribution in [3.63, 3.8) is 0 Å². The highest BCUT2D eigenvalue weighted by Crippen LogP contribution is 2.23. The molecule has 0 unspecified atom stereocenters. The van der Waals surface area contributed by atoms with Crippen LogP contribution in [0, 0.1) is 0 Å². The van der Waals surface area contributed by atoms with Crippen molar-refractivity contribution in [1.82, 2.24) is 14.5 Å². The molecule has 0 amide bonds. The molecule has 2 aromatic heterocycles. The Hall–Kier alpha value is -2.64. The van der Waals surface area contributed by atoms with Gasteiger partial charge in [0.15, 0.2) is 0 Å². The van der Waals surface area contributed by atoms with Gasteiger partial charge in [-0.05, 0) is 12.1 Å². The third-order valence-corrected chi connectivity index (χ3v) is 3.24. The van der Waals surface area contributed by atoms with E-state index in [2.05, 4.69) is 9.97 Å². The fourth-order valence-electron chi connectivity index (χ4n) is 2.22. The summed E-state index contributed by atoms with van der Waals surface area (Å²) in [5, 5.41) is -0.0248. The normalized spacial score (nSPS) is 12.2. The van der Waals surface area contributed by atoms with E-state index in [0.717, 1.165) is 6.20 Å². The van der Waals surface area contributed by atoms with Crippen LogP contribution in [-0.4, -0.2) is 26.5 Å². The monoisotopic (exact) mass is 295 g/mol. The van der Waals surface area contributed by atoms with Crippen LogP contribution in [0.2, 0.25) is 0 Å². The Morgan fingerprint density at radius 2 is 2.05 bits per heavy atom. The molecule has 0 saturated carbocycles. The lowest BCUT2D eigenvalue weighted by Crippen LogP contribution is -2.28. The second-order valence-electron chi connectivity index (χ2n) is 4.57. The number of benzene rings is 1. The predicted octanol–water partition coefficient (Wildman–Crippen LogP) is 2.16. The molecule has 21 heavy (non-hydrogen) atoms. The van der Waals surface area contributed by atoms with Crippen LogP contribution >= 0.6 is 0 Å². The number of aryl methyl sites for hydroxylation is 1. The van der Waals surface area contributed by atoms with Gasteiger partial charge in [0.25, 0.3) is 5.78 Å². The molecule has 5 nitrogen and oxygen atoms in total. The topological polar surface area (TPSA) is 67.8 Å². The van der Waals surface area contributed by atoms with Gasteiger partial charge in [-0.1, -0.05) is 0 Å². The first-order chi connectivity index (χ1) is 9.80. The number of nitrogens with zero attached hydrogens (tertiary/aromatic N) is 2. The maximum Gasteiger partial charge on any atom is 0.455 e. The predicted molar refractivity (Wildman–Crippen MR) is 69.2 cm³/mol. The molecule has 3 aromatic rings. The molecule has 0 aliphatic heterocycles. The van der Waals surface area contributed by atoms with E-state index in [1.54, 1.807) is 23.7 Å². The lowest BCUT2D eigenvalue weighted by atomic mass is 10.1. The van der Waals surface area contributed by atoms with Crippen LogP contribution in [-0.2, 0) is 7.05 Å². The Labute approximate surface area is 115 Å². The summed E-state index contributed by atoms with van der Waals surface area (Å²) in [6.45, 7) is 0. The van der Waals surface area contributed by atoms with Crippen molar-refractivity contribution in [2.24, 2.45) is 7.05 Å². The average molecular weight is 295 g/mol. The zero-order valence-corrected chi connectivity index (χ0v) is 10.7. The standard InChI is InChI=1S/C13H8F3N3O2/c1-19-5-18-10-8(19)3-2-7-9(10)11(20)6(4-17-7)12(21)13(14,15)16/h2-5H,1H3,(H,17,20). The second-order valence-corrected chi connectivity index (χ2v) is 4.57. The van der Waals surface area contributed by atoms with E-state index in [0.29, 0.717) is 11.0 Å². The number of pyridine rings is 1. The van der Waals surface area contributed by atoms with Gasteiger partial charge in [0, 0.05) is 13.2 Å². The van der Waals surface area contributed by atoms with E-state index in [1.807, 2.05) is 0 Å². The van der Waals surface area contributed by atoms with Crippen LogP contribution in [0.25, 0.3) is 21.9 Å². The number of ketones is 1. The molecule has 8 heteroatoms. The number of nitrogens with one attached hydrogen (secondary N) is 1. The number of Topliss-reactive ketones (excluding diaryl/α,β-unsaturated/α-hetero) is 1. The van der Waals surface area contributed by atoms with Crippen molar-refractivity contribution in [3.8, 4) is 0 Å². The van der Waals surface area contributed by atoms with E-state index in [4.69, 9.17) is 0 Å². The van der Waals surface area contributed by atoms with Crippen LogP contribution in [0.1, 0.15) is 10.4 Å². The third kappa shape index (κ3) is 1.91. The highest BCUT2D eigenvalue weighted by molar-refractivity contribution is 6.07. The number of carbonyl (C=O) groups is 1. The summed E-state index contributed by atoms with van der Waals surface area (Å²) in [7, 11) is 1.69. The Bertz CT molecular complexity index is 937. The summed E-state index contributed by atoms with van der Waals surface area (Å²) >= 11 is 0. The average Bonchev–Trinajstić information content (AvgIpc) is 2.79. The third-order valence-electron chi connectivity index (χ3n) is 3.24. The van der Waals surface area contributed by atoms with Crippen molar-refractivity contribution in [2.75, 3.05) is 0 Å². The van der Waals surface area contributed by atoms with Crippen molar-refractivity contribution in [3.05, 3.63) is 40.4 Å². The first kappa shape index (κ1) is 13.3. The number of imidazole rings is 1. The fourth-order valence-corrected chi connectivity index (χ4v) is 2.22. The van der Waals surface area contributed by atoms with Crippen molar-refractivity contribution >= 4 is 27.7 Å². The number of fused-ring (bicyclic) bond motifs is 3. The van der Waals surface area contributed by atoms with Gasteiger partial charge in [-0.25, -0.2) is 4.98 Å². The lowest BCUT2D eigenvalue weighted by molar-refractivity contribution is -0.0886. The number of aromatic amines is 1. The molecule has 3 rings (SSSR count). The van der Waals surface area contributed by atoms with Gasteiger partial charge >= 0.3 is 6.18 Å². The Morgan fingerprint density at radius 1 is 1.33 bits per heavy atom. The van der Waals surface area contributed by atoms with Crippen molar-refractivity contribution in [1.29, 1.82) is 0 Å². The number of hydrogen-bond donors (Lipinski definition) is 1. The van der Waals surface area contributed by atoms with Gasteiger partial charge in [-0.15, -0.1) is 0 Å². The smallest absolute Gasteiger partial charge is 0.360 e. The molecule has 0 atom stereocenters. The van der Waals surface area contributed by atoms with Gasteiger partial charge in [0.1, 0.15) is 5.52 Å². The SMILES string of the molecule is Cn1cnc2c3c(=O)c(C(=O)C(F)(F)F)c[nH]c3ccc21. The lowest BCUT2D eigenvalue weighted by Gasteiger charge is -2.06. The molecule has 0 fully saturated rings. The molecular formula is C13H8F3N3O2. The maximum absolute atomic E-state index is 12.5. The number of hydrogen-bond acceptors (Lipinski definition) is 3. The molecular weight excluding hydrogens is 287 g/mol. The van der Waals surface area contributed by atoms with Crippen molar-refractivity contribution < 1.29 is 18.0 Å². The number of H-pyrrole nitrogens is 1. The minimum Gasteiger partial charge on any atom is -0.360 e. The van der Waals surface area contributed by atoms with E-state index in [1.165, 1.54) is 6.33 Å². The first-order valence-electron chi connectivity index (χ1n) is 5.87. The van der Waals surface area contributed by atoms with E-state index in [-0.39, 0.29) is 10.9 Å². The number of halogens is 3. The minimum atomic E-state index is -5.10. The van der Waals surface area contributed by atoms with Gasteiger partial charge in [0.2, 0.25) is 5.43 Å². The second kappa shape index (κ2) is 4.18. The number of aromatic nitrogens is 3. The van der Waals surface area contributed by atoms with Crippen LogP contribution in [0.5, 0.6) is 0 Å². The molecule has 0 aliphatic carbocycles. The number of carbonyl (C=O) groups excluding carboxylic acids is 1. The summed E-state index contributed by atoms with van der Waals surface area (Å²) < 4.78 is 39.2.